The molecule has 0 spiro atoms. The van der Waals surface area contributed by atoms with Crippen LogP contribution in [0.5, 0.6) is 5.75 Å². The lowest BCUT2D eigenvalue weighted by atomic mass is 9.86. The van der Waals surface area contributed by atoms with E-state index in [-0.39, 0.29) is 11.4 Å². The number of nitrogens with two attached hydrogens (primary N) is 2. The van der Waals surface area contributed by atoms with E-state index in [0.717, 1.165) is 0 Å². The molecule has 7 nitrogen and oxygen atoms in total. The molecule has 2 aromatic rings. The third-order valence-electron chi connectivity index (χ3n) is 4.43. The third-order valence-corrected chi connectivity index (χ3v) is 4.43. The van der Waals surface area contributed by atoms with Crippen molar-refractivity contribution < 1.29 is 31.9 Å². The smallest absolute Gasteiger partial charge is 0.254 e. The summed E-state index contributed by atoms with van der Waals surface area (Å²) in [6, 6.07) is 2.36. The van der Waals surface area contributed by atoms with E-state index in [0.29, 0.717) is 12.4 Å². The zero-order chi connectivity index (χ0) is 24.4. The van der Waals surface area contributed by atoms with Crippen LogP contribution in [0.15, 0.2) is 18.2 Å². The van der Waals surface area contributed by atoms with Gasteiger partial charge in [-0.15, -0.1) is 0 Å². The van der Waals surface area contributed by atoms with Crippen LogP contribution in [0.25, 0.3) is 0 Å². The van der Waals surface area contributed by atoms with Crippen molar-refractivity contribution in [1.82, 2.24) is 0 Å². The number of hydrogen-bond donors (Lipinski definition) is 4. The van der Waals surface area contributed by atoms with Gasteiger partial charge in [-0.2, -0.15) is 0 Å². The van der Waals surface area contributed by atoms with E-state index >= 15 is 0 Å². The van der Waals surface area contributed by atoms with Crippen LogP contribution in [-0.4, -0.2) is 24.3 Å². The number of amides is 1. The van der Waals surface area contributed by atoms with Gasteiger partial charge in [0.05, 0.1) is 12.3 Å². The summed E-state index contributed by atoms with van der Waals surface area (Å²) in [6.07, 6.45) is 0. The summed E-state index contributed by atoms with van der Waals surface area (Å²) < 4.78 is 61.6. The van der Waals surface area contributed by atoms with Gasteiger partial charge in [-0.3, -0.25) is 9.59 Å². The van der Waals surface area contributed by atoms with Crippen LogP contribution in [0.3, 0.4) is 0 Å². The molecule has 0 aliphatic heterocycles. The van der Waals surface area contributed by atoms with Gasteiger partial charge in [0.25, 0.3) is 5.91 Å². The van der Waals surface area contributed by atoms with Gasteiger partial charge in [0, 0.05) is 11.1 Å². The van der Waals surface area contributed by atoms with Gasteiger partial charge in [0.15, 0.2) is 35.1 Å². The first-order valence-corrected chi connectivity index (χ1v) is 9.55. The van der Waals surface area contributed by atoms with Crippen molar-refractivity contribution in [2.24, 2.45) is 5.41 Å². The van der Waals surface area contributed by atoms with E-state index in [9.17, 15) is 27.2 Å². The maximum atomic E-state index is 14.3. The second-order valence-electron chi connectivity index (χ2n) is 7.91. The molecule has 1 unspecified atom stereocenters. The molecular weight excluding hydrogens is 432 g/mol. The highest BCUT2D eigenvalue weighted by molar-refractivity contribution is 6.14. The zero-order valence-corrected chi connectivity index (χ0v) is 17.9. The highest BCUT2D eigenvalue weighted by atomic mass is 19.2. The van der Waals surface area contributed by atoms with Gasteiger partial charge in [-0.05, 0) is 25.1 Å². The molecule has 0 heterocycles. The molecule has 0 fully saturated rings. The fourth-order valence-corrected chi connectivity index (χ4v) is 2.73. The molecule has 0 aromatic heterocycles. The lowest BCUT2D eigenvalue weighted by Crippen LogP contribution is -2.47. The lowest BCUT2D eigenvalue weighted by Gasteiger charge is -2.26. The molecule has 6 N–H and O–H groups in total. The molecule has 11 heteroatoms. The quantitative estimate of drug-likeness (QED) is 0.218. The molecule has 0 saturated heterocycles. The van der Waals surface area contributed by atoms with Crippen molar-refractivity contribution in [3.8, 4) is 5.75 Å². The van der Waals surface area contributed by atoms with Crippen molar-refractivity contribution in [3.05, 3.63) is 41.5 Å². The number of ketones is 1. The van der Waals surface area contributed by atoms with E-state index in [1.165, 1.54) is 39.0 Å². The van der Waals surface area contributed by atoms with Crippen LogP contribution in [0, 0.1) is 28.7 Å². The summed E-state index contributed by atoms with van der Waals surface area (Å²) >= 11 is 0. The third kappa shape index (κ3) is 5.04. The Bertz CT molecular complexity index is 1030. The number of carbonyl (C=O) groups is 2. The molecular formula is C21H24F4N4O3. The van der Waals surface area contributed by atoms with Gasteiger partial charge in [-0.25, -0.2) is 17.6 Å². The fourth-order valence-electron chi connectivity index (χ4n) is 2.73. The largest absolute Gasteiger partial charge is 0.492 e. The molecule has 1 atom stereocenters. The van der Waals surface area contributed by atoms with E-state index in [1.807, 2.05) is 5.32 Å². The minimum Gasteiger partial charge on any atom is -0.492 e. The maximum absolute atomic E-state index is 14.3. The molecule has 2 rings (SSSR count). The summed E-state index contributed by atoms with van der Waals surface area (Å²) in [5.74, 6) is -8.92. The first-order valence-electron chi connectivity index (χ1n) is 9.55. The van der Waals surface area contributed by atoms with Crippen LogP contribution in [0.2, 0.25) is 0 Å². The highest BCUT2D eigenvalue weighted by Gasteiger charge is 2.37. The molecule has 2 aromatic carbocycles. The number of nitrogen functional groups attached to an aromatic ring is 2. The summed E-state index contributed by atoms with van der Waals surface area (Å²) in [7, 11) is 0. The molecule has 1 amide bonds. The number of hydrogen-bond acceptors (Lipinski definition) is 6. The number of ether oxygens (including phenoxy) is 1. The molecule has 0 bridgehead atoms. The predicted molar refractivity (Wildman–Crippen MR) is 113 cm³/mol. The Morgan fingerprint density at radius 1 is 1.03 bits per heavy atom. The molecule has 0 saturated carbocycles. The Labute approximate surface area is 182 Å². The Morgan fingerprint density at radius 3 is 2.06 bits per heavy atom. The number of benzene rings is 2. The summed E-state index contributed by atoms with van der Waals surface area (Å²) in [6.45, 7) is 6.49. The number of halogens is 4. The first-order chi connectivity index (χ1) is 14.8. The van der Waals surface area contributed by atoms with E-state index in [2.05, 4.69) is 5.32 Å². The number of anilines is 4. The lowest BCUT2D eigenvalue weighted by molar-refractivity contribution is -0.131. The fraction of sp³-hybridized carbons (Fsp3) is 0.333. The number of Topliss-reactive ketones (excluding diaryl/α,β-unsaturated/α-hetero) is 1. The molecule has 0 aliphatic carbocycles. The van der Waals surface area contributed by atoms with Gasteiger partial charge in [0.1, 0.15) is 17.1 Å². The standard InChI is InChI=1S/C21H24F4N4O3/c1-5-32-11-7-6-9(8-10(11)26)28-20(31)18(19(30)21(2,3)4)29-17-14(24)12(22)16(27)13(23)15(17)25/h6-8,18,29H,5,26-27H2,1-4H3,(H,28,31). The average Bonchev–Trinajstić information content (AvgIpc) is 2.72. The van der Waals surface area contributed by atoms with Crippen LogP contribution in [0.1, 0.15) is 27.7 Å². The van der Waals surface area contributed by atoms with E-state index < -0.39 is 57.8 Å². The Kier molecular flexibility index (Phi) is 7.22. The van der Waals surface area contributed by atoms with Crippen molar-refractivity contribution in [1.29, 1.82) is 0 Å². The predicted octanol–water partition coefficient (Wildman–Crippen LogP) is 3.84. The second-order valence-corrected chi connectivity index (χ2v) is 7.91. The van der Waals surface area contributed by atoms with Crippen LogP contribution in [-0.2, 0) is 9.59 Å². The van der Waals surface area contributed by atoms with Gasteiger partial charge in [-0.1, -0.05) is 20.8 Å². The average molecular weight is 456 g/mol. The molecule has 0 aliphatic rings. The Balaban J connectivity index is 2.44. The second kappa shape index (κ2) is 9.33. The van der Waals surface area contributed by atoms with Crippen LogP contribution < -0.4 is 26.8 Å². The minimum atomic E-state index is -1.91. The number of rotatable bonds is 7. The number of carbonyl (C=O) groups excluding carboxylic acids is 2. The minimum absolute atomic E-state index is 0.153. The SMILES string of the molecule is CCOc1ccc(NC(=O)C(Nc2c(F)c(F)c(N)c(F)c2F)C(=O)C(C)(C)C)cc1N. The normalized spacial score (nSPS) is 12.2. The van der Waals surface area contributed by atoms with Crippen molar-refractivity contribution in [3.63, 3.8) is 0 Å². The van der Waals surface area contributed by atoms with Crippen molar-refractivity contribution >= 4 is 34.4 Å². The van der Waals surface area contributed by atoms with Crippen LogP contribution in [0.4, 0.5) is 40.3 Å². The van der Waals surface area contributed by atoms with E-state index in [1.54, 1.807) is 6.92 Å². The Hall–Kier alpha value is -3.50. The monoisotopic (exact) mass is 456 g/mol. The van der Waals surface area contributed by atoms with Gasteiger partial charge in [0.2, 0.25) is 0 Å². The van der Waals surface area contributed by atoms with E-state index in [4.69, 9.17) is 16.2 Å². The summed E-state index contributed by atoms with van der Waals surface area (Å²) in [5, 5.41) is 4.38. The van der Waals surface area contributed by atoms with Crippen molar-refractivity contribution in [2.75, 3.05) is 28.7 Å². The topological polar surface area (TPSA) is 119 Å². The molecule has 32 heavy (non-hydrogen) atoms. The summed E-state index contributed by atoms with van der Waals surface area (Å²) in [5.41, 5.74) is 7.33. The summed E-state index contributed by atoms with van der Waals surface area (Å²) in [4.78, 5) is 25.7. The molecule has 0 radical (unpaired) electrons. The zero-order valence-electron chi connectivity index (χ0n) is 17.9. The van der Waals surface area contributed by atoms with Crippen LogP contribution >= 0.6 is 0 Å². The molecule has 174 valence electrons. The van der Waals surface area contributed by atoms with Gasteiger partial charge < -0.3 is 26.8 Å². The number of nitrogens with one attached hydrogen (secondary N) is 2. The first kappa shape index (κ1) is 24.8. The highest BCUT2D eigenvalue weighted by Crippen LogP contribution is 2.31. The maximum Gasteiger partial charge on any atom is 0.254 e. The van der Waals surface area contributed by atoms with Crippen molar-refractivity contribution in [2.45, 2.75) is 33.7 Å². The van der Waals surface area contributed by atoms with Gasteiger partial charge >= 0.3 is 0 Å². The Morgan fingerprint density at radius 2 is 1.59 bits per heavy atom.